The molecule has 0 aromatic heterocycles. The molecule has 16 heavy (non-hydrogen) atoms. The minimum Gasteiger partial charge on any atom is -0.194 e. The Bertz CT molecular complexity index is 313. The number of rotatable bonds is 2. The van der Waals surface area contributed by atoms with Gasteiger partial charge in [-0.15, -0.1) is 0 Å². The Labute approximate surface area is 99.9 Å². The van der Waals surface area contributed by atoms with E-state index in [0.29, 0.717) is 0 Å². The zero-order valence-corrected chi connectivity index (χ0v) is 9.95. The topological polar surface area (TPSA) is 0 Å². The predicted molar refractivity (Wildman–Crippen MR) is 44.7 cm³/mol. The molecule has 0 bridgehead atoms. The highest BCUT2D eigenvalue weighted by atomic mass is 79.9. The van der Waals surface area contributed by atoms with Gasteiger partial charge in [0.2, 0.25) is 0 Å². The van der Waals surface area contributed by atoms with Gasteiger partial charge in [0.15, 0.2) is 0 Å². The van der Waals surface area contributed by atoms with Crippen LogP contribution < -0.4 is 0 Å². The third-order valence-electron chi connectivity index (χ3n) is 1.84. The molecule has 0 aromatic carbocycles. The SMILES string of the molecule is FC(F)(Br)C1=C(C(F)(F)Br)C(F)(F)C1(F)F. The predicted octanol–water partition coefficient (Wildman–Crippen LogP) is 4.54. The molecule has 94 valence electrons. The molecule has 1 rings (SSSR count). The van der Waals surface area contributed by atoms with E-state index in [2.05, 4.69) is 0 Å². The van der Waals surface area contributed by atoms with Crippen molar-refractivity contribution >= 4 is 31.9 Å². The molecule has 1 aliphatic rings. The first-order valence-corrected chi connectivity index (χ1v) is 4.98. The van der Waals surface area contributed by atoms with Crippen molar-refractivity contribution in [3.05, 3.63) is 11.1 Å². The molecule has 0 saturated heterocycles. The lowest BCUT2D eigenvalue weighted by Gasteiger charge is -2.43. The van der Waals surface area contributed by atoms with Gasteiger partial charge >= 0.3 is 21.5 Å². The van der Waals surface area contributed by atoms with Gasteiger partial charge in [-0.1, -0.05) is 0 Å². The second kappa shape index (κ2) is 3.33. The molecule has 0 spiro atoms. The van der Waals surface area contributed by atoms with Crippen LogP contribution in [-0.2, 0) is 0 Å². The number of alkyl halides is 10. The molecule has 0 aliphatic heterocycles. The summed E-state index contributed by atoms with van der Waals surface area (Å²) >= 11 is 2.71. The minimum atomic E-state index is -5.31. The van der Waals surface area contributed by atoms with Crippen LogP contribution in [0.2, 0.25) is 0 Å². The fraction of sp³-hybridized carbons (Fsp3) is 0.667. The normalized spacial score (nSPS) is 24.4. The van der Waals surface area contributed by atoms with E-state index >= 15 is 0 Å². The summed E-state index contributed by atoms with van der Waals surface area (Å²) in [6.45, 7) is 0. The van der Waals surface area contributed by atoms with Gasteiger partial charge in [-0.3, -0.25) is 0 Å². The molecule has 10 heteroatoms. The number of allylic oxidation sites excluding steroid dienone is 2. The maximum atomic E-state index is 12.6. The molecule has 0 nitrogen and oxygen atoms in total. The van der Waals surface area contributed by atoms with Crippen LogP contribution >= 0.6 is 31.9 Å². The zero-order chi connectivity index (χ0) is 13.2. The van der Waals surface area contributed by atoms with Crippen molar-refractivity contribution in [2.45, 2.75) is 21.5 Å². The van der Waals surface area contributed by atoms with Crippen molar-refractivity contribution in [3.63, 3.8) is 0 Å². The fourth-order valence-corrected chi connectivity index (χ4v) is 2.10. The van der Waals surface area contributed by atoms with Crippen LogP contribution in [0.1, 0.15) is 0 Å². The van der Waals surface area contributed by atoms with Crippen LogP contribution in [0, 0.1) is 0 Å². The zero-order valence-electron chi connectivity index (χ0n) is 6.78. The van der Waals surface area contributed by atoms with Crippen LogP contribution in [0.3, 0.4) is 0 Å². The van der Waals surface area contributed by atoms with Crippen molar-refractivity contribution in [1.29, 1.82) is 0 Å². The third-order valence-corrected chi connectivity index (χ3v) is 2.63. The van der Waals surface area contributed by atoms with E-state index in [0.717, 1.165) is 0 Å². The van der Waals surface area contributed by atoms with Gasteiger partial charge in [0.1, 0.15) is 0 Å². The molecule has 0 N–H and O–H groups in total. The van der Waals surface area contributed by atoms with E-state index in [1.54, 1.807) is 0 Å². The van der Waals surface area contributed by atoms with Gasteiger partial charge in [0.05, 0.1) is 11.1 Å². The van der Waals surface area contributed by atoms with E-state index in [1.807, 2.05) is 0 Å². The summed E-state index contributed by atoms with van der Waals surface area (Å²) in [6.07, 6.45) is 0. The Kier molecular flexibility index (Phi) is 2.96. The molecule has 1 aliphatic carbocycles. The lowest BCUT2D eigenvalue weighted by molar-refractivity contribution is -0.216. The molecule has 0 amide bonds. The van der Waals surface area contributed by atoms with E-state index in [-0.39, 0.29) is 0 Å². The van der Waals surface area contributed by atoms with Crippen LogP contribution in [0.4, 0.5) is 35.1 Å². The van der Waals surface area contributed by atoms with Crippen LogP contribution in [0.15, 0.2) is 11.1 Å². The average molecular weight is 384 g/mol. The monoisotopic (exact) mass is 382 g/mol. The minimum absolute atomic E-state index is 1.36. The van der Waals surface area contributed by atoms with E-state index in [4.69, 9.17) is 0 Å². The molecule has 0 fully saturated rings. The molecule has 0 unspecified atom stereocenters. The van der Waals surface area contributed by atoms with Gasteiger partial charge in [-0.05, 0) is 31.9 Å². The summed E-state index contributed by atoms with van der Waals surface area (Å²) < 4.78 is 100. The second-order valence-electron chi connectivity index (χ2n) is 2.89. The van der Waals surface area contributed by atoms with Gasteiger partial charge in [0.25, 0.3) is 0 Å². The summed E-state index contributed by atoms with van der Waals surface area (Å²) in [4.78, 5) is -9.27. The van der Waals surface area contributed by atoms with E-state index in [1.165, 1.54) is 31.9 Å². The standard InChI is InChI=1S/C6Br2F8/c7-5(13,14)1-2(6(8,15)16)4(11,12)3(1,9)10. The Morgan fingerprint density at radius 1 is 0.688 bits per heavy atom. The van der Waals surface area contributed by atoms with E-state index in [9.17, 15) is 35.1 Å². The van der Waals surface area contributed by atoms with Crippen LogP contribution in [0.25, 0.3) is 0 Å². The first kappa shape index (κ1) is 14.2. The molecular formula is C6Br2F8. The van der Waals surface area contributed by atoms with Gasteiger partial charge < -0.3 is 0 Å². The summed E-state index contributed by atoms with van der Waals surface area (Å²) in [5.74, 6) is -10.6. The fourth-order valence-electron chi connectivity index (χ4n) is 1.20. The van der Waals surface area contributed by atoms with Crippen molar-refractivity contribution in [3.8, 4) is 0 Å². The van der Waals surface area contributed by atoms with E-state index < -0.39 is 32.7 Å². The molecule has 0 saturated carbocycles. The lowest BCUT2D eigenvalue weighted by atomic mass is 9.80. The summed E-state index contributed by atoms with van der Waals surface area (Å²) in [7, 11) is 0. The molecule has 0 atom stereocenters. The average Bonchev–Trinajstić information content (AvgIpc) is 1.94. The summed E-state index contributed by atoms with van der Waals surface area (Å²) in [5.41, 5.74) is -5.24. The molecular weight excluding hydrogens is 384 g/mol. The van der Waals surface area contributed by atoms with Crippen molar-refractivity contribution in [1.82, 2.24) is 0 Å². The Hall–Kier alpha value is 0.140. The number of halogens is 10. The Balaban J connectivity index is 3.48. The van der Waals surface area contributed by atoms with Crippen molar-refractivity contribution < 1.29 is 35.1 Å². The van der Waals surface area contributed by atoms with Crippen LogP contribution in [-0.4, -0.2) is 21.5 Å². The molecule has 0 radical (unpaired) electrons. The third kappa shape index (κ3) is 1.77. The van der Waals surface area contributed by atoms with Crippen molar-refractivity contribution in [2.24, 2.45) is 0 Å². The Morgan fingerprint density at radius 3 is 1.00 bits per heavy atom. The highest BCUT2D eigenvalue weighted by molar-refractivity contribution is 9.10. The molecule has 0 heterocycles. The lowest BCUT2D eigenvalue weighted by Crippen LogP contribution is -2.60. The summed E-state index contributed by atoms with van der Waals surface area (Å²) in [5, 5.41) is 0. The maximum absolute atomic E-state index is 12.6. The quantitative estimate of drug-likeness (QED) is 0.373. The molecule has 0 aromatic rings. The van der Waals surface area contributed by atoms with Gasteiger partial charge in [-0.2, -0.15) is 35.1 Å². The summed E-state index contributed by atoms with van der Waals surface area (Å²) in [6, 6.07) is 0. The van der Waals surface area contributed by atoms with Crippen LogP contribution in [0.5, 0.6) is 0 Å². The second-order valence-corrected chi connectivity index (χ2v) is 4.89. The first-order valence-electron chi connectivity index (χ1n) is 3.39. The number of hydrogen-bond donors (Lipinski definition) is 0. The van der Waals surface area contributed by atoms with Gasteiger partial charge in [0, 0.05) is 0 Å². The smallest absolute Gasteiger partial charge is 0.194 e. The van der Waals surface area contributed by atoms with Gasteiger partial charge in [-0.25, -0.2) is 0 Å². The first-order chi connectivity index (χ1) is 6.74. The highest BCUT2D eigenvalue weighted by Crippen LogP contribution is 2.65. The van der Waals surface area contributed by atoms with Crippen molar-refractivity contribution in [2.75, 3.05) is 0 Å². The largest absolute Gasteiger partial charge is 0.343 e. The Morgan fingerprint density at radius 2 is 0.875 bits per heavy atom. The highest BCUT2D eigenvalue weighted by Gasteiger charge is 2.80. The number of hydrogen-bond acceptors (Lipinski definition) is 0. The maximum Gasteiger partial charge on any atom is 0.343 e.